The van der Waals surface area contributed by atoms with Crippen LogP contribution >= 0.6 is 7.75 Å². The van der Waals surface area contributed by atoms with Gasteiger partial charge in [-0.25, -0.2) is 27.6 Å². The zero-order valence-electron chi connectivity index (χ0n) is 19.4. The van der Waals surface area contributed by atoms with Gasteiger partial charge in [-0.3, -0.25) is 13.9 Å². The first-order valence-corrected chi connectivity index (χ1v) is 12.3. The van der Waals surface area contributed by atoms with Gasteiger partial charge in [0, 0.05) is 38.3 Å². The normalized spacial score (nSPS) is 18.4. The Morgan fingerprint density at radius 1 is 1.17 bits per heavy atom. The molecule has 3 rings (SSSR count). The molecule has 11 nitrogen and oxygen atoms in total. The largest absolute Gasteiger partial charge is 0.453 e. The van der Waals surface area contributed by atoms with E-state index in [0.29, 0.717) is 0 Å². The van der Waals surface area contributed by atoms with Gasteiger partial charge >= 0.3 is 19.9 Å². The van der Waals surface area contributed by atoms with E-state index in [1.807, 2.05) is 0 Å². The maximum Gasteiger partial charge on any atom is 0.414 e. The molecule has 1 aromatic rings. The number of terminal acetylenes is 2. The molecular formula is C22H25F2N4O7P. The number of rotatable bonds is 9. The van der Waals surface area contributed by atoms with E-state index in [4.69, 9.17) is 26.6 Å². The molecule has 0 aliphatic carbocycles. The fourth-order valence-corrected chi connectivity index (χ4v) is 5.27. The maximum atomic E-state index is 15.0. The topological polar surface area (TPSA) is 110 Å². The van der Waals surface area contributed by atoms with E-state index >= 15 is 8.78 Å². The molecule has 1 N–H and O–H groups in total. The molecule has 0 bridgehead atoms. The molecular weight excluding hydrogens is 501 g/mol. The summed E-state index contributed by atoms with van der Waals surface area (Å²) in [6, 6.07) is 2.05. The molecule has 1 unspecified atom stereocenters. The van der Waals surface area contributed by atoms with Crippen molar-refractivity contribution in [1.82, 2.24) is 9.99 Å². The van der Waals surface area contributed by atoms with E-state index in [1.165, 1.54) is 16.7 Å². The predicted octanol–water partition coefficient (Wildman–Crippen LogP) is 2.18. The summed E-state index contributed by atoms with van der Waals surface area (Å²) in [6.45, 7) is -0.171. The van der Waals surface area contributed by atoms with Crippen molar-refractivity contribution in [1.29, 1.82) is 0 Å². The summed E-state index contributed by atoms with van der Waals surface area (Å²) in [5, 5.41) is 2.40. The number of nitrogens with zero attached hydrogens (tertiary/aromatic N) is 3. The highest BCUT2D eigenvalue weighted by Gasteiger charge is 2.38. The third-order valence-electron chi connectivity index (χ3n) is 5.39. The van der Waals surface area contributed by atoms with Gasteiger partial charge in [0.15, 0.2) is 11.6 Å². The Balaban J connectivity index is 1.68. The molecule has 194 valence electrons. The highest BCUT2D eigenvalue weighted by Crippen LogP contribution is 2.52. The molecule has 2 saturated heterocycles. The predicted molar refractivity (Wildman–Crippen MR) is 125 cm³/mol. The number of piperazine rings is 1. The number of benzene rings is 1. The molecule has 2 aliphatic rings. The lowest BCUT2D eigenvalue weighted by Crippen LogP contribution is -2.46. The summed E-state index contributed by atoms with van der Waals surface area (Å²) in [5.74, 6) is 2.65. The van der Waals surface area contributed by atoms with Crippen LogP contribution in [0.15, 0.2) is 12.1 Å². The van der Waals surface area contributed by atoms with Gasteiger partial charge in [0.1, 0.15) is 25.0 Å². The Bertz CT molecular complexity index is 1070. The Morgan fingerprint density at radius 2 is 1.75 bits per heavy atom. The maximum absolute atomic E-state index is 15.0. The number of ether oxygens (including phenoxy) is 2. The van der Waals surface area contributed by atoms with Crippen molar-refractivity contribution >= 4 is 31.3 Å². The van der Waals surface area contributed by atoms with E-state index in [2.05, 4.69) is 21.9 Å². The first-order chi connectivity index (χ1) is 17.2. The number of carbonyl (C=O) groups is 2. The number of amides is 2. The third-order valence-corrected chi connectivity index (χ3v) is 7.39. The summed E-state index contributed by atoms with van der Waals surface area (Å²) < 4.78 is 64.6. The molecule has 0 spiro atoms. The summed E-state index contributed by atoms with van der Waals surface area (Å²) in [5.41, 5.74) is -0.327. The first kappa shape index (κ1) is 27.2. The van der Waals surface area contributed by atoms with Crippen LogP contribution in [0.3, 0.4) is 0 Å². The lowest BCUT2D eigenvalue weighted by atomic mass is 10.2. The van der Waals surface area contributed by atoms with Crippen LogP contribution in [0.5, 0.6) is 0 Å². The minimum Gasteiger partial charge on any atom is -0.453 e. The van der Waals surface area contributed by atoms with Gasteiger partial charge < -0.3 is 19.7 Å². The van der Waals surface area contributed by atoms with Gasteiger partial charge in [-0.2, -0.15) is 0 Å². The molecule has 2 aliphatic heterocycles. The van der Waals surface area contributed by atoms with Crippen molar-refractivity contribution in [3.8, 4) is 24.7 Å². The van der Waals surface area contributed by atoms with Gasteiger partial charge in [0.05, 0.1) is 25.9 Å². The fraction of sp³-hybridized carbons (Fsp3) is 0.455. The van der Waals surface area contributed by atoms with Crippen LogP contribution in [0, 0.1) is 36.3 Å². The van der Waals surface area contributed by atoms with Crippen LogP contribution in [0.25, 0.3) is 0 Å². The van der Waals surface area contributed by atoms with Crippen molar-refractivity contribution in [2.75, 3.05) is 69.4 Å². The number of nitrogens with one attached hydrogen (secondary N) is 1. The molecule has 0 radical (unpaired) electrons. The fourth-order valence-electron chi connectivity index (χ4n) is 3.72. The standard InChI is InChI=1S/C22H25F2N4O7P/c1-4-10-33-36(31,34-11-5-2)27-8-6-26(7-9-27)20-18(23)12-16(13-19(20)24)28-15-17(35-22(28)30)14-25-21(29)32-3/h1-2,12-13,17H,6-11,14-15H2,3H3,(H,25,29). The molecule has 2 fully saturated rings. The minimum absolute atomic E-state index is 0.0235. The lowest BCUT2D eigenvalue weighted by Gasteiger charge is -2.38. The summed E-state index contributed by atoms with van der Waals surface area (Å²) in [6.07, 6.45) is 8.12. The lowest BCUT2D eigenvalue weighted by molar-refractivity contribution is 0.132. The highest BCUT2D eigenvalue weighted by molar-refractivity contribution is 7.51. The average Bonchev–Trinajstić information content (AvgIpc) is 3.25. The van der Waals surface area contributed by atoms with Crippen molar-refractivity contribution in [2.24, 2.45) is 0 Å². The smallest absolute Gasteiger partial charge is 0.414 e. The summed E-state index contributed by atoms with van der Waals surface area (Å²) >= 11 is 0. The Kier molecular flexibility index (Phi) is 9.13. The SMILES string of the molecule is C#CCOP(=O)(OCC#C)N1CCN(c2c(F)cc(N3CC(CNC(=O)OC)OC3=O)cc2F)CC1. The number of hydrogen-bond acceptors (Lipinski definition) is 8. The number of methoxy groups -OCH3 is 1. The van der Waals surface area contributed by atoms with Crippen LogP contribution < -0.4 is 15.1 Å². The Hall–Kier alpha value is -3.35. The van der Waals surface area contributed by atoms with Crippen LogP contribution in [-0.4, -0.2) is 82.6 Å². The van der Waals surface area contributed by atoms with Crippen LogP contribution in [0.4, 0.5) is 29.7 Å². The van der Waals surface area contributed by atoms with Crippen LogP contribution in [0.1, 0.15) is 0 Å². The van der Waals surface area contributed by atoms with Gasteiger partial charge in [-0.1, -0.05) is 11.8 Å². The zero-order valence-corrected chi connectivity index (χ0v) is 20.3. The zero-order chi connectivity index (χ0) is 26.3. The first-order valence-electron chi connectivity index (χ1n) is 10.8. The molecule has 1 atom stereocenters. The van der Waals surface area contributed by atoms with E-state index in [-0.39, 0.29) is 63.9 Å². The summed E-state index contributed by atoms with van der Waals surface area (Å²) in [7, 11) is -2.59. The third kappa shape index (κ3) is 6.25. The van der Waals surface area contributed by atoms with Gasteiger partial charge in [0.25, 0.3) is 0 Å². The number of alkyl carbamates (subject to hydrolysis) is 1. The Labute approximate surface area is 207 Å². The second-order valence-electron chi connectivity index (χ2n) is 7.61. The van der Waals surface area contributed by atoms with Crippen molar-refractivity contribution in [2.45, 2.75) is 6.10 Å². The molecule has 0 saturated carbocycles. The summed E-state index contributed by atoms with van der Waals surface area (Å²) in [4.78, 5) is 25.9. The van der Waals surface area contributed by atoms with E-state index in [0.717, 1.165) is 17.0 Å². The van der Waals surface area contributed by atoms with Gasteiger partial charge in [0.2, 0.25) is 0 Å². The van der Waals surface area contributed by atoms with E-state index in [1.54, 1.807) is 0 Å². The molecule has 2 amide bonds. The Morgan fingerprint density at radius 3 is 2.28 bits per heavy atom. The number of carbonyl (C=O) groups excluding carboxylic acids is 2. The van der Waals surface area contributed by atoms with E-state index in [9.17, 15) is 14.2 Å². The highest BCUT2D eigenvalue weighted by atomic mass is 31.2. The van der Waals surface area contributed by atoms with Crippen LogP contribution in [0.2, 0.25) is 0 Å². The van der Waals surface area contributed by atoms with Crippen LogP contribution in [-0.2, 0) is 23.1 Å². The second kappa shape index (κ2) is 12.1. The number of cyclic esters (lactones) is 1. The van der Waals surface area contributed by atoms with Gasteiger partial charge in [-0.15, -0.1) is 12.8 Å². The quantitative estimate of drug-likeness (QED) is 0.383. The minimum atomic E-state index is -3.78. The molecule has 14 heteroatoms. The monoisotopic (exact) mass is 526 g/mol. The van der Waals surface area contributed by atoms with Crippen molar-refractivity contribution in [3.05, 3.63) is 23.8 Å². The van der Waals surface area contributed by atoms with Crippen molar-refractivity contribution < 1.29 is 41.5 Å². The van der Waals surface area contributed by atoms with Crippen molar-refractivity contribution in [3.63, 3.8) is 0 Å². The molecule has 2 heterocycles. The second-order valence-corrected chi connectivity index (χ2v) is 9.63. The molecule has 36 heavy (non-hydrogen) atoms. The average molecular weight is 526 g/mol. The number of hydrogen-bond donors (Lipinski definition) is 1. The number of anilines is 2. The molecule has 1 aromatic carbocycles. The number of halogens is 2. The van der Waals surface area contributed by atoms with E-state index < -0.39 is 37.7 Å². The molecule has 0 aromatic heterocycles. The van der Waals surface area contributed by atoms with Gasteiger partial charge in [-0.05, 0) is 0 Å².